The fourth-order valence-corrected chi connectivity index (χ4v) is 1.70. The lowest BCUT2D eigenvalue weighted by Gasteiger charge is -2.02. The van der Waals surface area contributed by atoms with Crippen LogP contribution in [0.1, 0.15) is 10.4 Å². The molecule has 0 amide bonds. The third-order valence-corrected chi connectivity index (χ3v) is 2.75. The molecular weight excluding hydrogens is 284 g/mol. The predicted octanol–water partition coefficient (Wildman–Crippen LogP) is 2.77. The Bertz CT molecular complexity index is 779. The molecule has 2 aromatic carbocycles. The zero-order chi connectivity index (χ0) is 15.9. The summed E-state index contributed by atoms with van der Waals surface area (Å²) in [7, 11) is 0. The number of anilines is 1. The van der Waals surface area contributed by atoms with E-state index in [1.165, 1.54) is 18.2 Å². The molecule has 0 aliphatic heterocycles. The second-order valence-electron chi connectivity index (χ2n) is 4.15. The highest BCUT2D eigenvalue weighted by Crippen LogP contribution is 2.23. The molecule has 22 heavy (non-hydrogen) atoms. The Morgan fingerprint density at radius 3 is 2.41 bits per heavy atom. The van der Waals surface area contributed by atoms with Crippen LogP contribution in [-0.4, -0.2) is 16.4 Å². The smallest absolute Gasteiger partial charge is 0.286 e. The summed E-state index contributed by atoms with van der Waals surface area (Å²) >= 11 is 0. The normalized spacial score (nSPS) is 10.6. The molecule has 2 rings (SSSR count). The number of nitrogens with zero attached hydrogens (tertiary/aromatic N) is 3. The van der Waals surface area contributed by atoms with Crippen molar-refractivity contribution in [3.63, 3.8) is 0 Å². The topological polar surface area (TPSA) is 108 Å². The minimum absolute atomic E-state index is 0.0983. The van der Waals surface area contributed by atoms with Gasteiger partial charge in [0.2, 0.25) is 11.5 Å². The van der Waals surface area contributed by atoms with Gasteiger partial charge >= 0.3 is 0 Å². The first kappa shape index (κ1) is 14.9. The van der Waals surface area contributed by atoms with Crippen LogP contribution in [0.2, 0.25) is 0 Å². The second-order valence-corrected chi connectivity index (χ2v) is 4.15. The number of carbonyl (C=O) groups excluding carboxylic acids is 1. The summed E-state index contributed by atoms with van der Waals surface area (Å²) in [6.07, 6.45) is 0. The van der Waals surface area contributed by atoms with Crippen molar-refractivity contribution in [1.82, 2.24) is 0 Å². The molecule has 0 spiro atoms. The quantitative estimate of drug-likeness (QED) is 0.394. The molecule has 0 radical (unpaired) electrons. The number of hydrogen-bond donors (Lipinski definition) is 1. The molecule has 0 saturated carbocycles. The maximum atomic E-state index is 12.1. The molecule has 0 heterocycles. The number of ketones is 1. The SMILES string of the molecule is N#CC(=NNc1ccccc1[N+](=O)[O-])C(=O)c1ccccc1. The van der Waals surface area contributed by atoms with Gasteiger partial charge in [-0.15, -0.1) is 0 Å². The van der Waals surface area contributed by atoms with Crippen molar-refractivity contribution in [1.29, 1.82) is 5.26 Å². The van der Waals surface area contributed by atoms with Gasteiger partial charge in [0, 0.05) is 11.6 Å². The monoisotopic (exact) mass is 294 g/mol. The van der Waals surface area contributed by atoms with Gasteiger partial charge in [-0.2, -0.15) is 10.4 Å². The van der Waals surface area contributed by atoms with Crippen molar-refractivity contribution in [3.05, 3.63) is 70.3 Å². The van der Waals surface area contributed by atoms with Crippen LogP contribution in [0.25, 0.3) is 0 Å². The van der Waals surface area contributed by atoms with Crippen LogP contribution in [0, 0.1) is 21.4 Å². The Balaban J connectivity index is 2.27. The Morgan fingerprint density at radius 1 is 1.14 bits per heavy atom. The number of benzene rings is 2. The molecule has 108 valence electrons. The molecule has 0 atom stereocenters. The van der Waals surface area contributed by atoms with Gasteiger partial charge in [0.25, 0.3) is 5.69 Å². The lowest BCUT2D eigenvalue weighted by molar-refractivity contribution is -0.384. The van der Waals surface area contributed by atoms with E-state index in [2.05, 4.69) is 10.5 Å². The van der Waals surface area contributed by atoms with Crippen molar-refractivity contribution in [2.45, 2.75) is 0 Å². The van der Waals surface area contributed by atoms with E-state index in [0.29, 0.717) is 5.56 Å². The summed E-state index contributed by atoms with van der Waals surface area (Å²) in [6, 6.07) is 15.7. The Hall–Kier alpha value is -3.53. The van der Waals surface area contributed by atoms with E-state index in [4.69, 9.17) is 5.26 Å². The highest BCUT2D eigenvalue weighted by molar-refractivity contribution is 6.51. The van der Waals surface area contributed by atoms with Crippen LogP contribution in [-0.2, 0) is 0 Å². The Kier molecular flexibility index (Phi) is 4.57. The maximum absolute atomic E-state index is 12.1. The number of carbonyl (C=O) groups is 1. The lowest BCUT2D eigenvalue weighted by atomic mass is 10.1. The fourth-order valence-electron chi connectivity index (χ4n) is 1.70. The van der Waals surface area contributed by atoms with E-state index in [-0.39, 0.29) is 17.1 Å². The molecule has 2 aromatic rings. The highest BCUT2D eigenvalue weighted by atomic mass is 16.6. The second kappa shape index (κ2) is 6.76. The molecule has 0 aromatic heterocycles. The standard InChI is InChI=1S/C15H10N4O3/c16-10-13(15(20)11-6-2-1-3-7-11)18-17-12-8-4-5-9-14(12)19(21)22/h1-9,17H. The van der Waals surface area contributed by atoms with Gasteiger partial charge in [0.1, 0.15) is 11.8 Å². The van der Waals surface area contributed by atoms with E-state index in [1.54, 1.807) is 42.5 Å². The van der Waals surface area contributed by atoms with Gasteiger partial charge in [-0.05, 0) is 6.07 Å². The molecule has 0 aliphatic carbocycles. The van der Waals surface area contributed by atoms with Gasteiger partial charge in [0.15, 0.2) is 0 Å². The van der Waals surface area contributed by atoms with Gasteiger partial charge in [-0.1, -0.05) is 42.5 Å². The van der Waals surface area contributed by atoms with E-state index >= 15 is 0 Å². The lowest BCUT2D eigenvalue weighted by Crippen LogP contribution is -2.14. The zero-order valence-corrected chi connectivity index (χ0v) is 11.3. The third-order valence-electron chi connectivity index (χ3n) is 2.75. The predicted molar refractivity (Wildman–Crippen MR) is 80.5 cm³/mol. The van der Waals surface area contributed by atoms with E-state index in [9.17, 15) is 14.9 Å². The average Bonchev–Trinajstić information content (AvgIpc) is 2.56. The number of hydrazone groups is 1. The summed E-state index contributed by atoms with van der Waals surface area (Å²) in [5.41, 5.74) is 2.23. The minimum Gasteiger partial charge on any atom is -0.286 e. The molecule has 7 heteroatoms. The van der Waals surface area contributed by atoms with Gasteiger partial charge in [0.05, 0.1) is 4.92 Å². The molecule has 0 unspecified atom stereocenters. The largest absolute Gasteiger partial charge is 0.294 e. The van der Waals surface area contributed by atoms with Gasteiger partial charge in [-0.3, -0.25) is 20.3 Å². The van der Waals surface area contributed by atoms with Crippen LogP contribution in [0.5, 0.6) is 0 Å². The summed E-state index contributed by atoms with van der Waals surface area (Å²) in [4.78, 5) is 22.4. The number of hydrogen-bond acceptors (Lipinski definition) is 6. The number of nitro benzene ring substituents is 1. The summed E-state index contributed by atoms with van der Waals surface area (Å²) in [5, 5.41) is 23.6. The van der Waals surface area contributed by atoms with Crippen molar-refractivity contribution in [2.24, 2.45) is 5.10 Å². The number of nitro groups is 1. The first-order valence-electron chi connectivity index (χ1n) is 6.20. The Morgan fingerprint density at radius 2 is 1.77 bits per heavy atom. The van der Waals surface area contributed by atoms with Crippen molar-refractivity contribution in [2.75, 3.05) is 5.43 Å². The molecule has 0 fully saturated rings. The van der Waals surface area contributed by atoms with Crippen molar-refractivity contribution < 1.29 is 9.72 Å². The van der Waals surface area contributed by atoms with Crippen LogP contribution >= 0.6 is 0 Å². The van der Waals surface area contributed by atoms with Crippen LogP contribution in [0.4, 0.5) is 11.4 Å². The van der Waals surface area contributed by atoms with Gasteiger partial charge in [-0.25, -0.2) is 0 Å². The molecule has 0 saturated heterocycles. The third kappa shape index (κ3) is 3.32. The van der Waals surface area contributed by atoms with Crippen molar-refractivity contribution in [3.8, 4) is 6.07 Å². The van der Waals surface area contributed by atoms with Gasteiger partial charge < -0.3 is 0 Å². The number of para-hydroxylation sites is 2. The maximum Gasteiger partial charge on any atom is 0.294 e. The summed E-state index contributed by atoms with van der Waals surface area (Å²) in [5.74, 6) is -0.561. The number of nitrogens with one attached hydrogen (secondary N) is 1. The molecule has 0 bridgehead atoms. The van der Waals surface area contributed by atoms with Crippen molar-refractivity contribution >= 4 is 22.9 Å². The van der Waals surface area contributed by atoms with E-state index in [1.807, 2.05) is 0 Å². The van der Waals surface area contributed by atoms with E-state index < -0.39 is 10.7 Å². The molecule has 7 nitrogen and oxygen atoms in total. The number of rotatable bonds is 5. The average molecular weight is 294 g/mol. The zero-order valence-electron chi connectivity index (χ0n) is 11.3. The fraction of sp³-hybridized carbons (Fsp3) is 0. The number of nitriles is 1. The Labute approximate surface area is 125 Å². The first-order chi connectivity index (χ1) is 10.6. The molecule has 0 aliphatic rings. The summed E-state index contributed by atoms with van der Waals surface area (Å²) in [6.45, 7) is 0. The summed E-state index contributed by atoms with van der Waals surface area (Å²) < 4.78 is 0. The molecule has 1 N–H and O–H groups in total. The molecular formula is C15H10N4O3. The van der Waals surface area contributed by atoms with E-state index in [0.717, 1.165) is 0 Å². The number of Topliss-reactive ketones (excluding diaryl/α,β-unsaturated/α-hetero) is 1. The minimum atomic E-state index is -0.580. The van der Waals surface area contributed by atoms with Crippen LogP contribution < -0.4 is 5.43 Å². The first-order valence-corrected chi connectivity index (χ1v) is 6.20. The van der Waals surface area contributed by atoms with Crippen LogP contribution in [0.3, 0.4) is 0 Å². The highest BCUT2D eigenvalue weighted by Gasteiger charge is 2.15. The van der Waals surface area contributed by atoms with Crippen LogP contribution in [0.15, 0.2) is 59.7 Å².